The van der Waals surface area contributed by atoms with E-state index in [0.717, 1.165) is 5.69 Å². The quantitative estimate of drug-likeness (QED) is 0.899. The third-order valence-electron chi connectivity index (χ3n) is 2.71. The molecule has 1 aromatic heterocycles. The van der Waals surface area contributed by atoms with Crippen LogP contribution in [0.1, 0.15) is 24.1 Å². The molecule has 0 amide bonds. The molecule has 0 bridgehead atoms. The molecule has 1 atom stereocenters. The van der Waals surface area contributed by atoms with Crippen LogP contribution < -0.4 is 5.32 Å². The van der Waals surface area contributed by atoms with E-state index in [1.807, 2.05) is 12.3 Å². The van der Waals surface area contributed by atoms with Gasteiger partial charge >= 0.3 is 5.97 Å². The zero-order chi connectivity index (χ0) is 14.0. The smallest absolute Gasteiger partial charge is 0.310 e. The van der Waals surface area contributed by atoms with E-state index in [1.54, 1.807) is 6.07 Å². The number of hydrogen-bond donors (Lipinski definition) is 2. The van der Waals surface area contributed by atoms with Crippen LogP contribution in [0.25, 0.3) is 0 Å². The summed E-state index contributed by atoms with van der Waals surface area (Å²) < 4.78 is 13.8. The summed E-state index contributed by atoms with van der Waals surface area (Å²) >= 11 is 1.43. The highest BCUT2D eigenvalue weighted by Gasteiger charge is 2.18. The average molecular weight is 280 g/mol. The standard InChI is InChI=1S/C13H13FN2O2S/c1-7-6-19-13(15-7)16-9-3-4-10(11(14)5-9)8(2)12(17)18/h3-6,8H,1-2H3,(H,15,16)(H,17,18). The maximum absolute atomic E-state index is 13.8. The topological polar surface area (TPSA) is 62.2 Å². The summed E-state index contributed by atoms with van der Waals surface area (Å²) in [6.07, 6.45) is 0. The molecular weight excluding hydrogens is 267 g/mol. The summed E-state index contributed by atoms with van der Waals surface area (Å²) in [6, 6.07) is 4.41. The number of carboxylic acids is 1. The van der Waals surface area contributed by atoms with Crippen molar-refractivity contribution in [3.63, 3.8) is 0 Å². The first-order chi connectivity index (χ1) is 8.97. The summed E-state index contributed by atoms with van der Waals surface area (Å²) in [5, 5.41) is 14.4. The van der Waals surface area contributed by atoms with Crippen LogP contribution in [0.5, 0.6) is 0 Å². The minimum absolute atomic E-state index is 0.174. The zero-order valence-corrected chi connectivity index (χ0v) is 11.3. The van der Waals surface area contributed by atoms with Crippen molar-refractivity contribution in [2.75, 3.05) is 5.32 Å². The van der Waals surface area contributed by atoms with Gasteiger partial charge in [-0.15, -0.1) is 11.3 Å². The molecule has 2 rings (SSSR count). The monoisotopic (exact) mass is 280 g/mol. The van der Waals surface area contributed by atoms with Gasteiger partial charge in [-0.25, -0.2) is 9.37 Å². The lowest BCUT2D eigenvalue weighted by molar-refractivity contribution is -0.138. The Balaban J connectivity index is 2.21. The molecule has 100 valence electrons. The highest BCUT2D eigenvalue weighted by Crippen LogP contribution is 2.25. The number of aryl methyl sites for hydroxylation is 1. The number of nitrogens with zero attached hydrogens (tertiary/aromatic N) is 1. The molecule has 0 aliphatic carbocycles. The second kappa shape index (κ2) is 5.36. The second-order valence-electron chi connectivity index (χ2n) is 4.22. The lowest BCUT2D eigenvalue weighted by atomic mass is 10.0. The van der Waals surface area contributed by atoms with Gasteiger partial charge in [0.05, 0.1) is 11.6 Å². The highest BCUT2D eigenvalue weighted by atomic mass is 32.1. The summed E-state index contributed by atoms with van der Waals surface area (Å²) in [5.74, 6) is -2.44. The van der Waals surface area contributed by atoms with Crippen molar-refractivity contribution < 1.29 is 14.3 Å². The maximum Gasteiger partial charge on any atom is 0.310 e. The first-order valence-corrected chi connectivity index (χ1v) is 6.56. The normalized spacial score (nSPS) is 12.2. The van der Waals surface area contributed by atoms with Gasteiger partial charge in [0.15, 0.2) is 5.13 Å². The van der Waals surface area contributed by atoms with Gasteiger partial charge in [-0.05, 0) is 26.0 Å². The molecule has 0 spiro atoms. The Bertz CT molecular complexity index is 612. The van der Waals surface area contributed by atoms with Gasteiger partial charge in [-0.1, -0.05) is 6.07 Å². The summed E-state index contributed by atoms with van der Waals surface area (Å²) in [7, 11) is 0. The van der Waals surface area contributed by atoms with Gasteiger partial charge in [0.1, 0.15) is 5.82 Å². The third kappa shape index (κ3) is 3.08. The Labute approximate surface area is 113 Å². The van der Waals surface area contributed by atoms with Crippen LogP contribution in [0, 0.1) is 12.7 Å². The fourth-order valence-corrected chi connectivity index (χ4v) is 2.33. The minimum atomic E-state index is -1.05. The third-order valence-corrected chi connectivity index (χ3v) is 3.58. The van der Waals surface area contributed by atoms with Gasteiger partial charge in [0.25, 0.3) is 0 Å². The molecule has 19 heavy (non-hydrogen) atoms. The molecule has 0 radical (unpaired) electrons. The van der Waals surface area contributed by atoms with Gasteiger partial charge in [0, 0.05) is 16.6 Å². The molecule has 0 aliphatic heterocycles. The first kappa shape index (κ1) is 13.5. The van der Waals surface area contributed by atoms with E-state index in [2.05, 4.69) is 10.3 Å². The average Bonchev–Trinajstić information content (AvgIpc) is 2.74. The van der Waals surface area contributed by atoms with Gasteiger partial charge in [-0.3, -0.25) is 4.79 Å². The maximum atomic E-state index is 13.8. The summed E-state index contributed by atoms with van der Waals surface area (Å²) in [6.45, 7) is 3.33. The number of aromatic nitrogens is 1. The molecule has 1 unspecified atom stereocenters. The number of carboxylic acid groups (broad SMARTS) is 1. The van der Waals surface area contributed by atoms with Crippen molar-refractivity contribution in [3.05, 3.63) is 40.7 Å². The number of anilines is 2. The number of carbonyl (C=O) groups is 1. The Morgan fingerprint density at radius 3 is 2.79 bits per heavy atom. The molecule has 0 saturated heterocycles. The van der Waals surface area contributed by atoms with Crippen LogP contribution in [-0.4, -0.2) is 16.1 Å². The molecule has 2 aromatic rings. The number of benzene rings is 1. The van der Waals surface area contributed by atoms with Crippen molar-refractivity contribution in [2.45, 2.75) is 19.8 Å². The molecular formula is C13H13FN2O2S. The largest absolute Gasteiger partial charge is 0.481 e. The number of aliphatic carboxylic acids is 1. The van der Waals surface area contributed by atoms with Gasteiger partial charge in [-0.2, -0.15) is 0 Å². The van der Waals surface area contributed by atoms with Crippen LogP contribution in [0.2, 0.25) is 0 Å². The highest BCUT2D eigenvalue weighted by molar-refractivity contribution is 7.13. The van der Waals surface area contributed by atoms with Crippen molar-refractivity contribution >= 4 is 28.1 Å². The van der Waals surface area contributed by atoms with E-state index >= 15 is 0 Å². The van der Waals surface area contributed by atoms with Crippen molar-refractivity contribution in [3.8, 4) is 0 Å². The lowest BCUT2D eigenvalue weighted by Gasteiger charge is -2.10. The number of thiazole rings is 1. The van der Waals surface area contributed by atoms with Crippen molar-refractivity contribution in [2.24, 2.45) is 0 Å². The molecule has 1 heterocycles. The molecule has 4 nitrogen and oxygen atoms in total. The van der Waals surface area contributed by atoms with Crippen LogP contribution in [0.15, 0.2) is 23.6 Å². The Morgan fingerprint density at radius 1 is 1.53 bits per heavy atom. The van der Waals surface area contributed by atoms with Gasteiger partial charge < -0.3 is 10.4 Å². The molecule has 0 aliphatic rings. The van der Waals surface area contributed by atoms with Gasteiger partial charge in [0.2, 0.25) is 0 Å². The molecule has 6 heteroatoms. The van der Waals surface area contributed by atoms with Crippen molar-refractivity contribution in [1.82, 2.24) is 4.98 Å². The summed E-state index contributed by atoms with van der Waals surface area (Å²) in [4.78, 5) is 15.1. The second-order valence-corrected chi connectivity index (χ2v) is 5.07. The predicted octanol–water partition coefficient (Wildman–Crippen LogP) is 3.52. The molecule has 0 saturated carbocycles. The number of halogens is 1. The van der Waals surface area contributed by atoms with Crippen LogP contribution in [-0.2, 0) is 4.79 Å². The van der Waals surface area contributed by atoms with E-state index < -0.39 is 17.7 Å². The Kier molecular flexibility index (Phi) is 3.80. The minimum Gasteiger partial charge on any atom is -0.481 e. The Hall–Kier alpha value is -1.95. The fourth-order valence-electron chi connectivity index (χ4n) is 1.62. The van der Waals surface area contributed by atoms with E-state index in [9.17, 15) is 9.18 Å². The molecule has 2 N–H and O–H groups in total. The number of rotatable bonds is 4. The van der Waals surface area contributed by atoms with E-state index in [0.29, 0.717) is 10.8 Å². The summed E-state index contributed by atoms with van der Waals surface area (Å²) in [5.41, 5.74) is 1.62. The molecule has 1 aromatic carbocycles. The van der Waals surface area contributed by atoms with Crippen LogP contribution in [0.3, 0.4) is 0 Å². The first-order valence-electron chi connectivity index (χ1n) is 5.69. The van der Waals surface area contributed by atoms with E-state index in [1.165, 1.54) is 30.4 Å². The van der Waals surface area contributed by atoms with Crippen molar-refractivity contribution in [1.29, 1.82) is 0 Å². The lowest BCUT2D eigenvalue weighted by Crippen LogP contribution is -2.09. The van der Waals surface area contributed by atoms with E-state index in [-0.39, 0.29) is 5.56 Å². The number of hydrogen-bond acceptors (Lipinski definition) is 4. The zero-order valence-electron chi connectivity index (χ0n) is 10.5. The SMILES string of the molecule is Cc1csc(Nc2ccc(C(C)C(=O)O)c(F)c2)n1. The predicted molar refractivity (Wildman–Crippen MR) is 72.6 cm³/mol. The van der Waals surface area contributed by atoms with Crippen LogP contribution >= 0.6 is 11.3 Å². The number of nitrogens with one attached hydrogen (secondary N) is 1. The Morgan fingerprint density at radius 2 is 2.26 bits per heavy atom. The van der Waals surface area contributed by atoms with E-state index in [4.69, 9.17) is 5.11 Å². The van der Waals surface area contributed by atoms with Crippen LogP contribution in [0.4, 0.5) is 15.2 Å². The molecule has 0 fully saturated rings. The fraction of sp³-hybridized carbons (Fsp3) is 0.231.